The van der Waals surface area contributed by atoms with Gasteiger partial charge in [-0.3, -0.25) is 10.1 Å². The van der Waals surface area contributed by atoms with Gasteiger partial charge in [0.2, 0.25) is 10.0 Å². The number of hydrogen-bond acceptors (Lipinski definition) is 6. The van der Waals surface area contributed by atoms with Gasteiger partial charge in [-0.25, -0.2) is 17.4 Å². The molecule has 0 radical (unpaired) electrons. The fraction of sp³-hybridized carbons (Fsp3) is 0.0769. The monoisotopic (exact) mass is 414 g/mol. The van der Waals surface area contributed by atoms with Crippen molar-refractivity contribution >= 4 is 52.9 Å². The average molecular weight is 414 g/mol. The summed E-state index contributed by atoms with van der Waals surface area (Å²) >= 11 is 0. The Labute approximate surface area is 170 Å². The van der Waals surface area contributed by atoms with E-state index in [2.05, 4.69) is 0 Å². The molecule has 136 valence electrons. The van der Waals surface area contributed by atoms with Crippen molar-refractivity contribution in [2.24, 2.45) is 0 Å². The van der Waals surface area contributed by atoms with Crippen LogP contribution in [0.4, 0.5) is 10.1 Å². The molecule has 13 heteroatoms. The molecule has 2 aromatic carbocycles. The molecule has 26 heavy (non-hydrogen) atoms. The van der Waals surface area contributed by atoms with Crippen molar-refractivity contribution in [1.82, 2.24) is 4.72 Å². The number of benzene rings is 2. The Bertz CT molecular complexity index is 923. The quantitative estimate of drug-likeness (QED) is 0.304. The van der Waals surface area contributed by atoms with Crippen molar-refractivity contribution in [3.8, 4) is 5.75 Å². The Balaban J connectivity index is 0.00000338. The molecule has 0 saturated carbocycles. The van der Waals surface area contributed by atoms with Crippen molar-refractivity contribution in [2.75, 3.05) is 6.29 Å². The van der Waals surface area contributed by atoms with Crippen LogP contribution in [-0.2, 0) is 14.6 Å². The molecule has 2 rings (SSSR count). The summed E-state index contributed by atoms with van der Waals surface area (Å²) in [5.41, 5.74) is -0.239. The molecule has 1 atom stereocenters. The molecule has 1 unspecified atom stereocenters. The molecule has 2 N–H and O–H groups in total. The fourth-order valence-electron chi connectivity index (χ4n) is 1.69. The van der Waals surface area contributed by atoms with Gasteiger partial charge in [-0.15, -0.1) is 0 Å². The van der Waals surface area contributed by atoms with Crippen LogP contribution in [0, 0.1) is 15.9 Å². The maximum atomic E-state index is 12.8. The van der Waals surface area contributed by atoms with Crippen LogP contribution in [0.25, 0.3) is 0 Å². The Morgan fingerprint density at radius 2 is 1.69 bits per heavy atom. The summed E-state index contributed by atoms with van der Waals surface area (Å²) in [4.78, 5) is 19.3. The van der Waals surface area contributed by atoms with E-state index in [-0.39, 0.29) is 45.9 Å². The van der Waals surface area contributed by atoms with Crippen LogP contribution in [-0.4, -0.2) is 54.1 Å². The predicted molar refractivity (Wildman–Crippen MR) is 92.3 cm³/mol. The average Bonchev–Trinajstić information content (AvgIpc) is 2.54. The number of nitrogens with zero attached hydrogens (tertiary/aromatic N) is 1. The SMILES string of the molecule is O=[N+]([O-])c1ccc(OP(=O)(O)CNS(=O)(=O)c2ccc(F)cc2)cc1.[NaH]. The van der Waals surface area contributed by atoms with Crippen molar-refractivity contribution in [1.29, 1.82) is 0 Å². The second-order valence-corrected chi connectivity index (χ2v) is 8.28. The third kappa shape index (κ3) is 6.44. The minimum absolute atomic E-state index is 0. The van der Waals surface area contributed by atoms with Gasteiger partial charge >= 0.3 is 37.2 Å². The summed E-state index contributed by atoms with van der Waals surface area (Å²) in [5, 5.41) is 10.5. The van der Waals surface area contributed by atoms with Crippen LogP contribution < -0.4 is 9.25 Å². The van der Waals surface area contributed by atoms with E-state index in [1.807, 2.05) is 4.72 Å². The van der Waals surface area contributed by atoms with E-state index >= 15 is 0 Å². The van der Waals surface area contributed by atoms with Crippen LogP contribution in [0.2, 0.25) is 0 Å². The normalized spacial score (nSPS) is 13.3. The van der Waals surface area contributed by atoms with Gasteiger partial charge in [-0.1, -0.05) is 0 Å². The van der Waals surface area contributed by atoms with E-state index in [0.29, 0.717) is 0 Å². The fourth-order valence-corrected chi connectivity index (χ4v) is 4.20. The van der Waals surface area contributed by atoms with Gasteiger partial charge < -0.3 is 9.42 Å². The topological polar surface area (TPSA) is 136 Å². The molecular weight excluding hydrogens is 401 g/mol. The molecule has 0 aliphatic rings. The number of sulfonamides is 1. The second kappa shape index (κ2) is 9.05. The van der Waals surface area contributed by atoms with E-state index in [4.69, 9.17) is 4.52 Å². The van der Waals surface area contributed by atoms with Crippen molar-refractivity contribution < 1.29 is 31.7 Å². The number of non-ortho nitro benzene ring substituents is 1. The van der Waals surface area contributed by atoms with Crippen molar-refractivity contribution in [2.45, 2.75) is 4.90 Å². The first-order chi connectivity index (χ1) is 11.6. The van der Waals surface area contributed by atoms with Gasteiger partial charge in [-0.05, 0) is 36.4 Å². The molecule has 2 aromatic rings. The van der Waals surface area contributed by atoms with E-state index in [1.165, 1.54) is 0 Å². The Morgan fingerprint density at radius 3 is 2.19 bits per heavy atom. The molecule has 0 aliphatic heterocycles. The molecule has 0 saturated heterocycles. The molecule has 0 spiro atoms. The second-order valence-electron chi connectivity index (χ2n) is 4.74. The molecule has 0 fully saturated rings. The zero-order valence-electron chi connectivity index (χ0n) is 12.4. The summed E-state index contributed by atoms with van der Waals surface area (Å²) in [6.45, 7) is 0. The van der Waals surface area contributed by atoms with Gasteiger partial charge in [-0.2, -0.15) is 4.72 Å². The summed E-state index contributed by atoms with van der Waals surface area (Å²) in [5.74, 6) is -0.773. The number of nitro groups is 1. The van der Waals surface area contributed by atoms with Crippen LogP contribution in [0.15, 0.2) is 53.4 Å². The standard InChI is InChI=1S/C13H12FN2O7PS.Na.H/c14-10-1-7-13(8-2-10)25(21,22)15-9-24(19,20)23-12-5-3-11(4-6-12)16(17)18;;/h1-8,15H,9H2,(H,19,20);;. The number of rotatable bonds is 7. The molecule has 0 amide bonds. The maximum absolute atomic E-state index is 12.8. The van der Waals surface area contributed by atoms with Crippen molar-refractivity contribution in [3.05, 3.63) is 64.5 Å². The van der Waals surface area contributed by atoms with Gasteiger partial charge in [0.25, 0.3) is 5.69 Å². The zero-order valence-corrected chi connectivity index (χ0v) is 14.1. The van der Waals surface area contributed by atoms with Gasteiger partial charge in [0.05, 0.1) is 9.82 Å². The first-order valence-electron chi connectivity index (χ1n) is 6.60. The third-order valence-electron chi connectivity index (χ3n) is 2.87. The molecule has 0 aliphatic carbocycles. The van der Waals surface area contributed by atoms with E-state index < -0.39 is 34.6 Å². The molecule has 9 nitrogen and oxygen atoms in total. The first-order valence-corrected chi connectivity index (χ1v) is 9.85. The number of nitro benzene ring substituents is 1. The van der Waals surface area contributed by atoms with Crippen LogP contribution >= 0.6 is 7.60 Å². The Kier molecular flexibility index (Phi) is 7.90. The van der Waals surface area contributed by atoms with E-state index in [0.717, 1.165) is 48.5 Å². The van der Waals surface area contributed by atoms with Gasteiger partial charge in [0, 0.05) is 12.1 Å². The van der Waals surface area contributed by atoms with Gasteiger partial charge in [0.1, 0.15) is 17.9 Å². The summed E-state index contributed by atoms with van der Waals surface area (Å²) in [6, 6.07) is 8.20. The Hall–Kier alpha value is -1.33. The number of nitrogens with one attached hydrogen (secondary N) is 1. The van der Waals surface area contributed by atoms with Crippen LogP contribution in [0.5, 0.6) is 5.75 Å². The summed E-state index contributed by atoms with van der Waals surface area (Å²) in [7, 11) is -8.55. The number of hydrogen-bond donors (Lipinski definition) is 2. The molecule has 0 heterocycles. The van der Waals surface area contributed by atoms with E-state index in [9.17, 15) is 32.4 Å². The molecular formula is C13H13FN2NaO7PS. The third-order valence-corrected chi connectivity index (χ3v) is 5.56. The first kappa shape index (κ1) is 22.7. The zero-order chi connectivity index (χ0) is 18.7. The molecule has 0 aromatic heterocycles. The van der Waals surface area contributed by atoms with Crippen LogP contribution in [0.3, 0.4) is 0 Å². The summed E-state index contributed by atoms with van der Waals surface area (Å²) < 4.78 is 55.4. The van der Waals surface area contributed by atoms with Crippen LogP contribution in [0.1, 0.15) is 0 Å². The van der Waals surface area contributed by atoms with Crippen molar-refractivity contribution in [3.63, 3.8) is 0 Å². The summed E-state index contributed by atoms with van der Waals surface area (Å²) in [6.07, 6.45) is -0.941. The van der Waals surface area contributed by atoms with Gasteiger partial charge in [0.15, 0.2) is 0 Å². The predicted octanol–water partition coefficient (Wildman–Crippen LogP) is 1.59. The minimum atomic E-state index is -4.41. The van der Waals surface area contributed by atoms with E-state index in [1.54, 1.807) is 0 Å². The Morgan fingerprint density at radius 1 is 1.15 bits per heavy atom. The molecule has 0 bridgehead atoms. The number of halogens is 1.